The van der Waals surface area contributed by atoms with E-state index in [1.165, 1.54) is 12.1 Å². The first-order valence-electron chi connectivity index (χ1n) is 5.12. The van der Waals surface area contributed by atoms with Crippen molar-refractivity contribution in [1.29, 1.82) is 0 Å². The summed E-state index contributed by atoms with van der Waals surface area (Å²) in [7, 11) is 0. The molecule has 0 radical (unpaired) electrons. The molecule has 0 aliphatic heterocycles. The Kier molecular flexibility index (Phi) is 3.23. The van der Waals surface area contributed by atoms with Crippen molar-refractivity contribution in [3.8, 4) is 11.1 Å². The molecule has 2 aromatic rings. The lowest BCUT2D eigenvalue weighted by molar-refractivity contribution is 0.210. The standard InChI is InChI=1S/C13H9F2NO2/c14-8-5-6-9(11(15)7-8)10-3-1-2-4-12(10)16-13(17)18/h1-7,16H,(H,17,18). The van der Waals surface area contributed by atoms with Gasteiger partial charge in [-0.3, -0.25) is 5.32 Å². The van der Waals surface area contributed by atoms with Gasteiger partial charge in [-0.2, -0.15) is 0 Å². The lowest BCUT2D eigenvalue weighted by Crippen LogP contribution is -2.08. The second kappa shape index (κ2) is 4.83. The first-order chi connectivity index (χ1) is 8.58. The fourth-order valence-corrected chi connectivity index (χ4v) is 1.65. The van der Waals surface area contributed by atoms with Crippen LogP contribution in [-0.2, 0) is 0 Å². The highest BCUT2D eigenvalue weighted by Gasteiger charge is 2.11. The van der Waals surface area contributed by atoms with E-state index in [9.17, 15) is 13.6 Å². The molecule has 5 heteroatoms. The number of carboxylic acid groups (broad SMARTS) is 1. The van der Waals surface area contributed by atoms with Crippen LogP contribution in [0.1, 0.15) is 0 Å². The van der Waals surface area contributed by atoms with Gasteiger partial charge >= 0.3 is 6.09 Å². The van der Waals surface area contributed by atoms with Crippen molar-refractivity contribution >= 4 is 11.8 Å². The molecule has 18 heavy (non-hydrogen) atoms. The third-order valence-corrected chi connectivity index (χ3v) is 2.39. The van der Waals surface area contributed by atoms with Crippen LogP contribution >= 0.6 is 0 Å². The Balaban J connectivity index is 2.53. The Morgan fingerprint density at radius 2 is 1.78 bits per heavy atom. The summed E-state index contributed by atoms with van der Waals surface area (Å²) in [6, 6.07) is 9.48. The lowest BCUT2D eigenvalue weighted by Gasteiger charge is -2.09. The number of hydrogen-bond acceptors (Lipinski definition) is 1. The number of benzene rings is 2. The van der Waals surface area contributed by atoms with Crippen molar-refractivity contribution in [2.75, 3.05) is 5.32 Å². The third-order valence-electron chi connectivity index (χ3n) is 2.39. The van der Waals surface area contributed by atoms with Gasteiger partial charge in [-0.25, -0.2) is 13.6 Å². The van der Waals surface area contributed by atoms with Crippen molar-refractivity contribution in [3.05, 3.63) is 54.1 Å². The van der Waals surface area contributed by atoms with Gasteiger partial charge in [-0.1, -0.05) is 18.2 Å². The number of halogens is 2. The Morgan fingerprint density at radius 1 is 1.06 bits per heavy atom. The number of hydrogen-bond donors (Lipinski definition) is 2. The zero-order chi connectivity index (χ0) is 13.1. The van der Waals surface area contributed by atoms with E-state index >= 15 is 0 Å². The molecule has 0 bridgehead atoms. The Bertz CT molecular complexity index is 599. The molecule has 0 saturated carbocycles. The molecule has 2 N–H and O–H groups in total. The molecule has 2 aromatic carbocycles. The number of carbonyl (C=O) groups is 1. The number of para-hydroxylation sites is 1. The van der Waals surface area contributed by atoms with Crippen LogP contribution in [0.3, 0.4) is 0 Å². The van der Waals surface area contributed by atoms with Crippen LogP contribution in [0.15, 0.2) is 42.5 Å². The van der Waals surface area contributed by atoms with E-state index in [1.807, 2.05) is 0 Å². The van der Waals surface area contributed by atoms with Gasteiger partial charge in [-0.15, -0.1) is 0 Å². The maximum absolute atomic E-state index is 13.6. The summed E-state index contributed by atoms with van der Waals surface area (Å²) in [6.45, 7) is 0. The van der Waals surface area contributed by atoms with Gasteiger partial charge in [0.05, 0.1) is 5.69 Å². The fraction of sp³-hybridized carbons (Fsp3) is 0. The van der Waals surface area contributed by atoms with Crippen LogP contribution in [0.5, 0.6) is 0 Å². The Labute approximate surface area is 102 Å². The highest BCUT2D eigenvalue weighted by Crippen LogP contribution is 2.30. The summed E-state index contributed by atoms with van der Waals surface area (Å²) in [5, 5.41) is 10.9. The van der Waals surface area contributed by atoms with E-state index in [4.69, 9.17) is 5.11 Å². The van der Waals surface area contributed by atoms with Crippen molar-refractivity contribution in [2.24, 2.45) is 0 Å². The van der Waals surface area contributed by atoms with Crippen molar-refractivity contribution < 1.29 is 18.7 Å². The molecule has 0 aliphatic carbocycles. The minimum Gasteiger partial charge on any atom is -0.465 e. The maximum atomic E-state index is 13.6. The van der Waals surface area contributed by atoms with E-state index in [0.29, 0.717) is 5.56 Å². The summed E-state index contributed by atoms with van der Waals surface area (Å²) < 4.78 is 26.5. The fourth-order valence-electron chi connectivity index (χ4n) is 1.65. The van der Waals surface area contributed by atoms with Gasteiger partial charge < -0.3 is 5.11 Å². The molecular weight excluding hydrogens is 240 g/mol. The highest BCUT2D eigenvalue weighted by molar-refractivity contribution is 5.90. The van der Waals surface area contributed by atoms with Crippen molar-refractivity contribution in [3.63, 3.8) is 0 Å². The molecule has 1 amide bonds. The van der Waals surface area contributed by atoms with Crippen molar-refractivity contribution in [2.45, 2.75) is 0 Å². The zero-order valence-electron chi connectivity index (χ0n) is 9.15. The topological polar surface area (TPSA) is 49.3 Å². The number of nitrogens with one attached hydrogen (secondary N) is 1. The first-order valence-corrected chi connectivity index (χ1v) is 5.12. The van der Waals surface area contributed by atoms with E-state index in [2.05, 4.69) is 5.32 Å². The third kappa shape index (κ3) is 2.45. The minimum atomic E-state index is -1.25. The molecule has 3 nitrogen and oxygen atoms in total. The molecule has 0 spiro atoms. The van der Waals surface area contributed by atoms with Crippen LogP contribution < -0.4 is 5.32 Å². The number of rotatable bonds is 2. The summed E-state index contributed by atoms with van der Waals surface area (Å²) in [5.74, 6) is -1.42. The van der Waals surface area contributed by atoms with Gasteiger partial charge in [0, 0.05) is 17.2 Å². The molecule has 0 fully saturated rings. The Hall–Kier alpha value is -2.43. The van der Waals surface area contributed by atoms with Crippen LogP contribution in [0.25, 0.3) is 11.1 Å². The van der Waals surface area contributed by atoms with Crippen LogP contribution in [0.4, 0.5) is 19.3 Å². The van der Waals surface area contributed by atoms with E-state index < -0.39 is 17.7 Å². The summed E-state index contributed by atoms with van der Waals surface area (Å²) in [6.07, 6.45) is -1.25. The number of anilines is 1. The average Bonchev–Trinajstić information content (AvgIpc) is 2.30. The molecule has 0 heterocycles. The molecule has 0 aromatic heterocycles. The second-order valence-electron chi connectivity index (χ2n) is 3.60. The maximum Gasteiger partial charge on any atom is 0.409 e. The Morgan fingerprint density at radius 3 is 2.44 bits per heavy atom. The predicted molar refractivity (Wildman–Crippen MR) is 63.4 cm³/mol. The first kappa shape index (κ1) is 12.0. The largest absolute Gasteiger partial charge is 0.465 e. The number of amides is 1. The SMILES string of the molecule is O=C(O)Nc1ccccc1-c1ccc(F)cc1F. The highest BCUT2D eigenvalue weighted by atomic mass is 19.1. The second-order valence-corrected chi connectivity index (χ2v) is 3.60. The molecule has 0 unspecified atom stereocenters. The summed E-state index contributed by atoms with van der Waals surface area (Å²) >= 11 is 0. The molecule has 0 saturated heterocycles. The predicted octanol–water partition coefficient (Wildman–Crippen LogP) is 3.72. The summed E-state index contributed by atoms with van der Waals surface area (Å²) in [5.41, 5.74) is 0.744. The van der Waals surface area contributed by atoms with Gasteiger partial charge in [-0.05, 0) is 18.2 Å². The minimum absolute atomic E-state index is 0.140. The lowest BCUT2D eigenvalue weighted by atomic mass is 10.0. The van der Waals surface area contributed by atoms with Gasteiger partial charge in [0.15, 0.2) is 0 Å². The summed E-state index contributed by atoms with van der Waals surface area (Å²) in [4.78, 5) is 10.6. The van der Waals surface area contributed by atoms with E-state index in [0.717, 1.165) is 12.1 Å². The van der Waals surface area contributed by atoms with Crippen LogP contribution in [0, 0.1) is 11.6 Å². The average molecular weight is 249 g/mol. The monoisotopic (exact) mass is 249 g/mol. The molecular formula is C13H9F2NO2. The van der Waals surface area contributed by atoms with Crippen LogP contribution in [-0.4, -0.2) is 11.2 Å². The quantitative estimate of drug-likeness (QED) is 0.852. The van der Waals surface area contributed by atoms with Gasteiger partial charge in [0.2, 0.25) is 0 Å². The van der Waals surface area contributed by atoms with Gasteiger partial charge in [0.25, 0.3) is 0 Å². The van der Waals surface area contributed by atoms with E-state index in [-0.39, 0.29) is 11.3 Å². The molecule has 92 valence electrons. The normalized spacial score (nSPS) is 10.1. The zero-order valence-corrected chi connectivity index (χ0v) is 9.15. The van der Waals surface area contributed by atoms with E-state index in [1.54, 1.807) is 18.2 Å². The molecule has 0 atom stereocenters. The molecule has 2 rings (SSSR count). The van der Waals surface area contributed by atoms with Crippen LogP contribution in [0.2, 0.25) is 0 Å². The van der Waals surface area contributed by atoms with Gasteiger partial charge in [0.1, 0.15) is 11.6 Å². The van der Waals surface area contributed by atoms with Crippen molar-refractivity contribution in [1.82, 2.24) is 0 Å². The molecule has 0 aliphatic rings. The smallest absolute Gasteiger partial charge is 0.409 e.